The topological polar surface area (TPSA) is 88.3 Å². The number of nitrogens with one attached hydrogen (secondary N) is 1. The molecule has 1 fully saturated rings. The van der Waals surface area contributed by atoms with Crippen molar-refractivity contribution in [3.63, 3.8) is 0 Å². The maximum absolute atomic E-state index is 12.5. The number of aryl methyl sites for hydroxylation is 2. The van der Waals surface area contributed by atoms with Crippen LogP contribution in [0.5, 0.6) is 0 Å². The van der Waals surface area contributed by atoms with Crippen molar-refractivity contribution in [3.05, 3.63) is 47.1 Å². The molecule has 3 rings (SSSR count). The first-order valence-corrected chi connectivity index (χ1v) is 7.84. The Morgan fingerprint density at radius 3 is 2.78 bits per heavy atom. The highest BCUT2D eigenvalue weighted by molar-refractivity contribution is 5.79. The van der Waals surface area contributed by atoms with Crippen molar-refractivity contribution in [2.45, 2.75) is 45.3 Å². The summed E-state index contributed by atoms with van der Waals surface area (Å²) in [5.74, 6) is 0.802. The lowest BCUT2D eigenvalue weighted by molar-refractivity contribution is -0.122. The third-order valence-corrected chi connectivity index (χ3v) is 4.46. The molecule has 1 atom stereocenters. The van der Waals surface area contributed by atoms with Gasteiger partial charge in [0.1, 0.15) is 5.76 Å². The molecule has 1 unspecified atom stereocenters. The van der Waals surface area contributed by atoms with E-state index in [1.54, 1.807) is 13.1 Å². The second kappa shape index (κ2) is 6.50. The molecule has 6 heteroatoms. The third kappa shape index (κ3) is 3.42. The molecule has 23 heavy (non-hydrogen) atoms. The summed E-state index contributed by atoms with van der Waals surface area (Å²) in [6.07, 6.45) is 3.06. The lowest BCUT2D eigenvalue weighted by Crippen LogP contribution is -2.42. The quantitative estimate of drug-likeness (QED) is 0.879. The van der Waals surface area contributed by atoms with Gasteiger partial charge in [0.25, 0.3) is 0 Å². The highest BCUT2D eigenvalue weighted by Gasteiger charge is 2.36. The number of amides is 1. The minimum Gasteiger partial charge on any atom is -0.393 e. The fraction of sp³-hybridized carbons (Fsp3) is 0.471. The number of nitrogens with zero attached hydrogens (tertiary/aromatic N) is 2. The molecule has 6 nitrogen and oxygen atoms in total. The van der Waals surface area contributed by atoms with Gasteiger partial charge in [-0.2, -0.15) is 0 Å². The van der Waals surface area contributed by atoms with Crippen LogP contribution in [0.15, 0.2) is 28.9 Å². The van der Waals surface area contributed by atoms with Crippen LogP contribution in [-0.4, -0.2) is 27.3 Å². The van der Waals surface area contributed by atoms with Crippen molar-refractivity contribution in [2.24, 2.45) is 5.92 Å². The number of rotatable bonds is 5. The fourth-order valence-electron chi connectivity index (χ4n) is 3.03. The van der Waals surface area contributed by atoms with Crippen molar-refractivity contribution in [2.75, 3.05) is 0 Å². The summed E-state index contributed by atoms with van der Waals surface area (Å²) in [5, 5.41) is 16.5. The number of pyridine rings is 1. The average Bonchev–Trinajstić information content (AvgIpc) is 2.83. The monoisotopic (exact) mass is 315 g/mol. The summed E-state index contributed by atoms with van der Waals surface area (Å²) in [7, 11) is 0. The van der Waals surface area contributed by atoms with Gasteiger partial charge in [0.05, 0.1) is 30.0 Å². The molecule has 1 aliphatic carbocycles. The SMILES string of the molecule is Cc1noc(C)c1CC(=O)NC(c1ccccn1)C1CC(O)C1. The first kappa shape index (κ1) is 15.7. The molecular formula is C17H21N3O3. The first-order valence-electron chi connectivity index (χ1n) is 7.84. The third-order valence-electron chi connectivity index (χ3n) is 4.46. The highest BCUT2D eigenvalue weighted by atomic mass is 16.5. The molecule has 0 bridgehead atoms. The zero-order valence-corrected chi connectivity index (χ0v) is 13.3. The van der Waals surface area contributed by atoms with Crippen LogP contribution in [0.4, 0.5) is 0 Å². The Kier molecular flexibility index (Phi) is 4.43. The van der Waals surface area contributed by atoms with E-state index in [1.165, 1.54) is 0 Å². The summed E-state index contributed by atoms with van der Waals surface area (Å²) in [5.41, 5.74) is 2.40. The van der Waals surface area contributed by atoms with Crippen LogP contribution < -0.4 is 5.32 Å². The van der Waals surface area contributed by atoms with Gasteiger partial charge in [-0.15, -0.1) is 0 Å². The Bertz CT molecular complexity index is 658. The summed E-state index contributed by atoms with van der Waals surface area (Å²) >= 11 is 0. The Morgan fingerprint density at radius 1 is 1.43 bits per heavy atom. The lowest BCUT2D eigenvalue weighted by Gasteiger charge is -2.37. The van der Waals surface area contributed by atoms with Gasteiger partial charge in [-0.3, -0.25) is 9.78 Å². The van der Waals surface area contributed by atoms with E-state index >= 15 is 0 Å². The highest BCUT2D eigenvalue weighted by Crippen LogP contribution is 2.37. The molecule has 1 aliphatic rings. The number of carbonyl (C=O) groups excluding carboxylic acids is 1. The number of hydrogen-bond donors (Lipinski definition) is 2. The molecule has 0 radical (unpaired) electrons. The number of aromatic nitrogens is 2. The van der Waals surface area contributed by atoms with Gasteiger partial charge >= 0.3 is 0 Å². The molecule has 0 aromatic carbocycles. The standard InChI is InChI=1S/C17H21N3O3/c1-10-14(11(2)23-20-10)9-16(22)19-17(12-7-13(21)8-12)15-5-3-4-6-18-15/h3-6,12-13,17,21H,7-9H2,1-2H3,(H,19,22). The molecule has 1 amide bonds. The molecule has 0 aliphatic heterocycles. The molecule has 1 saturated carbocycles. The van der Waals surface area contributed by atoms with Gasteiger partial charge in [-0.1, -0.05) is 11.2 Å². The Balaban J connectivity index is 1.72. The summed E-state index contributed by atoms with van der Waals surface area (Å²) in [6.45, 7) is 3.64. The number of hydrogen-bond acceptors (Lipinski definition) is 5. The van der Waals surface area contributed by atoms with E-state index in [1.807, 2.05) is 25.1 Å². The van der Waals surface area contributed by atoms with E-state index in [0.717, 1.165) is 17.0 Å². The number of aliphatic hydroxyl groups excluding tert-OH is 1. The molecular weight excluding hydrogens is 294 g/mol. The van der Waals surface area contributed by atoms with Crippen molar-refractivity contribution in [1.82, 2.24) is 15.5 Å². The number of aliphatic hydroxyl groups is 1. The van der Waals surface area contributed by atoms with Crippen molar-refractivity contribution < 1.29 is 14.4 Å². The Morgan fingerprint density at radius 2 is 2.22 bits per heavy atom. The van der Waals surface area contributed by atoms with E-state index in [9.17, 15) is 9.90 Å². The molecule has 2 N–H and O–H groups in total. The second-order valence-electron chi connectivity index (χ2n) is 6.16. The van der Waals surface area contributed by atoms with Crippen LogP contribution in [0.2, 0.25) is 0 Å². The second-order valence-corrected chi connectivity index (χ2v) is 6.16. The predicted octanol–water partition coefficient (Wildman–Crippen LogP) is 1.86. The zero-order chi connectivity index (χ0) is 16.4. The maximum atomic E-state index is 12.5. The van der Waals surface area contributed by atoms with Gasteiger partial charge in [-0.25, -0.2) is 0 Å². The van der Waals surface area contributed by atoms with Gasteiger partial charge in [-0.05, 0) is 44.7 Å². The minimum atomic E-state index is -0.273. The van der Waals surface area contributed by atoms with Crippen LogP contribution >= 0.6 is 0 Å². The summed E-state index contributed by atoms with van der Waals surface area (Å²) in [6, 6.07) is 5.49. The zero-order valence-electron chi connectivity index (χ0n) is 13.3. The van der Waals surface area contributed by atoms with Crippen molar-refractivity contribution in [3.8, 4) is 0 Å². The van der Waals surface area contributed by atoms with Crippen LogP contribution in [0, 0.1) is 19.8 Å². The van der Waals surface area contributed by atoms with Gasteiger partial charge in [0.2, 0.25) is 5.91 Å². The van der Waals surface area contributed by atoms with Gasteiger partial charge in [0, 0.05) is 11.8 Å². The molecule has 122 valence electrons. The van der Waals surface area contributed by atoms with Crippen LogP contribution in [0.1, 0.15) is 41.6 Å². The molecule has 0 spiro atoms. The van der Waals surface area contributed by atoms with Crippen LogP contribution in [0.3, 0.4) is 0 Å². The van der Waals surface area contributed by atoms with Gasteiger partial charge < -0.3 is 14.9 Å². The largest absolute Gasteiger partial charge is 0.393 e. The molecule has 2 aromatic rings. The molecule has 0 saturated heterocycles. The Hall–Kier alpha value is -2.21. The number of carbonyl (C=O) groups is 1. The summed E-state index contributed by atoms with van der Waals surface area (Å²) in [4.78, 5) is 16.8. The van der Waals surface area contributed by atoms with Gasteiger partial charge in [0.15, 0.2) is 0 Å². The fourth-order valence-corrected chi connectivity index (χ4v) is 3.03. The van der Waals surface area contributed by atoms with E-state index in [4.69, 9.17) is 4.52 Å². The van der Waals surface area contributed by atoms with E-state index in [2.05, 4.69) is 15.5 Å². The molecule has 2 aromatic heterocycles. The molecule has 2 heterocycles. The minimum absolute atomic E-state index is 0.0866. The van der Waals surface area contributed by atoms with E-state index in [-0.39, 0.29) is 30.4 Å². The smallest absolute Gasteiger partial charge is 0.225 e. The van der Waals surface area contributed by atoms with Crippen LogP contribution in [0.25, 0.3) is 0 Å². The average molecular weight is 315 g/mol. The van der Waals surface area contributed by atoms with E-state index < -0.39 is 0 Å². The van der Waals surface area contributed by atoms with Crippen LogP contribution in [-0.2, 0) is 11.2 Å². The van der Waals surface area contributed by atoms with E-state index in [0.29, 0.717) is 18.6 Å². The maximum Gasteiger partial charge on any atom is 0.225 e. The van der Waals surface area contributed by atoms with Crippen molar-refractivity contribution >= 4 is 5.91 Å². The lowest BCUT2D eigenvalue weighted by atomic mass is 9.76. The Labute approximate surface area is 134 Å². The van der Waals surface area contributed by atoms with Crippen molar-refractivity contribution in [1.29, 1.82) is 0 Å². The summed E-state index contributed by atoms with van der Waals surface area (Å²) < 4.78 is 5.10. The first-order chi connectivity index (χ1) is 11.0. The normalized spacial score (nSPS) is 21.5. The predicted molar refractivity (Wildman–Crippen MR) is 83.5 cm³/mol.